The van der Waals surface area contributed by atoms with Gasteiger partial charge in [-0.2, -0.15) is 0 Å². The number of hydrogen-bond acceptors (Lipinski definition) is 4. The Morgan fingerprint density at radius 1 is 1.04 bits per heavy atom. The molecule has 142 valence electrons. The van der Waals surface area contributed by atoms with Gasteiger partial charge >= 0.3 is 0 Å². The molecule has 0 amide bonds. The van der Waals surface area contributed by atoms with E-state index in [0.717, 1.165) is 36.3 Å². The van der Waals surface area contributed by atoms with Gasteiger partial charge in [0.15, 0.2) is 11.5 Å². The fourth-order valence-electron chi connectivity index (χ4n) is 2.51. The minimum atomic E-state index is 0.220. The molecule has 0 fully saturated rings. The van der Waals surface area contributed by atoms with Crippen molar-refractivity contribution in [3.05, 3.63) is 57.6 Å². The summed E-state index contributed by atoms with van der Waals surface area (Å²) in [6.45, 7) is 4.55. The Morgan fingerprint density at radius 2 is 1.88 bits per heavy atom. The maximum Gasteiger partial charge on any atom is 0.166 e. The van der Waals surface area contributed by atoms with E-state index >= 15 is 0 Å². The van der Waals surface area contributed by atoms with Gasteiger partial charge in [0, 0.05) is 34.3 Å². The van der Waals surface area contributed by atoms with Crippen LogP contribution in [0.4, 0.5) is 0 Å². The van der Waals surface area contributed by atoms with Crippen molar-refractivity contribution in [1.82, 2.24) is 5.32 Å². The summed E-state index contributed by atoms with van der Waals surface area (Å²) in [5.41, 5.74) is 1.88. The Labute approximate surface area is 165 Å². The van der Waals surface area contributed by atoms with Crippen molar-refractivity contribution in [2.75, 3.05) is 19.8 Å². The molecule has 2 aromatic carbocycles. The Hall–Kier alpha value is -1.46. The molecule has 0 bridgehead atoms. The molecule has 0 aliphatic carbocycles. The van der Waals surface area contributed by atoms with Gasteiger partial charge in [0.05, 0.1) is 6.61 Å². The molecule has 0 saturated carbocycles. The van der Waals surface area contributed by atoms with Gasteiger partial charge in [-0.15, -0.1) is 0 Å². The largest absolute Gasteiger partial charge is 0.490 e. The van der Waals surface area contributed by atoms with Crippen LogP contribution in [0.5, 0.6) is 11.5 Å². The van der Waals surface area contributed by atoms with Gasteiger partial charge in [-0.05, 0) is 44.5 Å². The van der Waals surface area contributed by atoms with Gasteiger partial charge in [0.25, 0.3) is 0 Å². The Bertz CT molecular complexity index is 695. The van der Waals surface area contributed by atoms with Gasteiger partial charge in [0.2, 0.25) is 0 Å². The summed E-state index contributed by atoms with van der Waals surface area (Å²) in [6, 6.07) is 11.2. The molecule has 0 aromatic heterocycles. The molecule has 4 nitrogen and oxygen atoms in total. The zero-order valence-electron chi connectivity index (χ0n) is 14.9. The van der Waals surface area contributed by atoms with E-state index in [1.807, 2.05) is 31.2 Å². The summed E-state index contributed by atoms with van der Waals surface area (Å²) in [4.78, 5) is 0. The number of hydrogen-bond donors (Lipinski definition) is 2. The van der Waals surface area contributed by atoms with Crippen LogP contribution in [-0.2, 0) is 13.2 Å². The van der Waals surface area contributed by atoms with Crippen LogP contribution >= 0.6 is 23.2 Å². The molecule has 0 spiro atoms. The third-order valence-corrected chi connectivity index (χ3v) is 4.41. The molecule has 0 aliphatic rings. The van der Waals surface area contributed by atoms with Crippen molar-refractivity contribution in [3.8, 4) is 11.5 Å². The molecule has 26 heavy (non-hydrogen) atoms. The van der Waals surface area contributed by atoms with Crippen LogP contribution < -0.4 is 14.8 Å². The summed E-state index contributed by atoms with van der Waals surface area (Å²) in [7, 11) is 0. The quantitative estimate of drug-likeness (QED) is 0.532. The average Bonchev–Trinajstić information content (AvgIpc) is 2.62. The summed E-state index contributed by atoms with van der Waals surface area (Å²) in [5, 5.41) is 13.4. The summed E-state index contributed by atoms with van der Waals surface area (Å²) >= 11 is 12.2. The van der Waals surface area contributed by atoms with E-state index in [2.05, 4.69) is 5.32 Å². The van der Waals surface area contributed by atoms with E-state index in [9.17, 15) is 0 Å². The monoisotopic (exact) mass is 397 g/mol. The van der Waals surface area contributed by atoms with Crippen LogP contribution in [0.3, 0.4) is 0 Å². The molecule has 2 N–H and O–H groups in total. The molecular formula is C20H25Cl2NO3. The number of benzene rings is 2. The lowest BCUT2D eigenvalue weighted by atomic mass is 10.1. The van der Waals surface area contributed by atoms with Crippen molar-refractivity contribution in [1.29, 1.82) is 0 Å². The molecule has 0 heterocycles. The summed E-state index contributed by atoms with van der Waals surface area (Å²) in [6.07, 6.45) is 1.72. The first-order valence-electron chi connectivity index (χ1n) is 8.78. The van der Waals surface area contributed by atoms with E-state index < -0.39 is 0 Å². The molecule has 0 unspecified atom stereocenters. The maximum absolute atomic E-state index is 8.86. The van der Waals surface area contributed by atoms with E-state index in [-0.39, 0.29) is 6.61 Å². The second-order valence-electron chi connectivity index (χ2n) is 5.81. The number of halogens is 2. The average molecular weight is 398 g/mol. The van der Waals surface area contributed by atoms with Gasteiger partial charge in [-0.1, -0.05) is 41.4 Å². The number of ether oxygens (including phenoxy) is 2. The summed E-state index contributed by atoms with van der Waals surface area (Å²) < 4.78 is 11.8. The molecule has 0 aliphatic heterocycles. The predicted octanol–water partition coefficient (Wildman–Crippen LogP) is 4.83. The van der Waals surface area contributed by atoms with E-state index in [1.165, 1.54) is 0 Å². The van der Waals surface area contributed by atoms with Crippen LogP contribution in [0.25, 0.3) is 0 Å². The zero-order chi connectivity index (χ0) is 18.8. The molecule has 2 aromatic rings. The second kappa shape index (κ2) is 11.3. The van der Waals surface area contributed by atoms with Gasteiger partial charge in [-0.3, -0.25) is 0 Å². The third-order valence-electron chi connectivity index (χ3n) is 3.82. The highest BCUT2D eigenvalue weighted by molar-refractivity contribution is 6.35. The maximum atomic E-state index is 8.86. The number of aliphatic hydroxyl groups is 1. The molecule has 0 radical (unpaired) electrons. The highest BCUT2D eigenvalue weighted by Crippen LogP contribution is 2.33. The predicted molar refractivity (Wildman–Crippen MR) is 106 cm³/mol. The Morgan fingerprint density at radius 3 is 2.62 bits per heavy atom. The highest BCUT2D eigenvalue weighted by atomic mass is 35.5. The minimum Gasteiger partial charge on any atom is -0.490 e. The normalized spacial score (nSPS) is 10.8. The van der Waals surface area contributed by atoms with Crippen LogP contribution in [0.1, 0.15) is 30.9 Å². The van der Waals surface area contributed by atoms with Crippen molar-refractivity contribution >= 4 is 23.2 Å². The van der Waals surface area contributed by atoms with Crippen molar-refractivity contribution in [3.63, 3.8) is 0 Å². The highest BCUT2D eigenvalue weighted by Gasteiger charge is 2.12. The van der Waals surface area contributed by atoms with Crippen LogP contribution in [0, 0.1) is 0 Å². The minimum absolute atomic E-state index is 0.220. The van der Waals surface area contributed by atoms with Crippen LogP contribution in [0.2, 0.25) is 10.0 Å². The molecule has 2 rings (SSSR count). The van der Waals surface area contributed by atoms with E-state index in [4.69, 9.17) is 37.8 Å². The Kier molecular flexibility index (Phi) is 9.06. The van der Waals surface area contributed by atoms with Gasteiger partial charge < -0.3 is 19.9 Å². The topological polar surface area (TPSA) is 50.7 Å². The SMILES string of the molecule is CCOc1cccc(CNCCCCO)c1OCc1ccc(Cl)cc1Cl. The number of rotatable bonds is 11. The second-order valence-corrected chi connectivity index (χ2v) is 6.65. The standard InChI is InChI=1S/C20H25Cl2NO3/c1-2-25-19-7-5-6-15(13-23-10-3-4-11-24)20(19)26-14-16-8-9-17(21)12-18(16)22/h5-9,12,23-24H,2-4,10-11,13-14H2,1H3. The molecule has 0 atom stereocenters. The zero-order valence-corrected chi connectivity index (χ0v) is 16.4. The number of unbranched alkanes of at least 4 members (excludes halogenated alkanes) is 1. The lowest BCUT2D eigenvalue weighted by Gasteiger charge is -2.17. The smallest absolute Gasteiger partial charge is 0.166 e. The number of aliphatic hydroxyl groups excluding tert-OH is 1. The number of para-hydroxylation sites is 1. The lowest BCUT2D eigenvalue weighted by molar-refractivity contribution is 0.266. The van der Waals surface area contributed by atoms with Crippen molar-refractivity contribution < 1.29 is 14.6 Å². The first-order valence-corrected chi connectivity index (χ1v) is 9.54. The van der Waals surface area contributed by atoms with Crippen molar-refractivity contribution in [2.45, 2.75) is 32.9 Å². The van der Waals surface area contributed by atoms with Gasteiger partial charge in [0.1, 0.15) is 6.61 Å². The van der Waals surface area contributed by atoms with E-state index in [1.54, 1.807) is 12.1 Å². The van der Waals surface area contributed by atoms with Crippen LogP contribution in [-0.4, -0.2) is 24.9 Å². The lowest BCUT2D eigenvalue weighted by Crippen LogP contribution is -2.16. The van der Waals surface area contributed by atoms with Crippen LogP contribution in [0.15, 0.2) is 36.4 Å². The fourth-order valence-corrected chi connectivity index (χ4v) is 2.97. The number of nitrogens with one attached hydrogen (secondary N) is 1. The first-order chi connectivity index (χ1) is 12.7. The molecule has 6 heteroatoms. The Balaban J connectivity index is 2.09. The molecular weight excluding hydrogens is 373 g/mol. The summed E-state index contributed by atoms with van der Waals surface area (Å²) in [5.74, 6) is 1.43. The van der Waals surface area contributed by atoms with Crippen molar-refractivity contribution in [2.24, 2.45) is 0 Å². The van der Waals surface area contributed by atoms with Gasteiger partial charge in [-0.25, -0.2) is 0 Å². The first kappa shape index (κ1) is 20.8. The third kappa shape index (κ3) is 6.36. The van der Waals surface area contributed by atoms with E-state index in [0.29, 0.717) is 35.6 Å². The molecule has 0 saturated heterocycles. The fraction of sp³-hybridized carbons (Fsp3) is 0.400.